The number of ether oxygens (including phenoxy) is 1. The maximum atomic E-state index is 14.0. The molecule has 0 N–H and O–H groups in total. The van der Waals surface area contributed by atoms with Gasteiger partial charge in [0.1, 0.15) is 17.3 Å². The van der Waals surface area contributed by atoms with Gasteiger partial charge in [-0.15, -0.1) is 5.10 Å². The van der Waals surface area contributed by atoms with Gasteiger partial charge in [0, 0.05) is 19.0 Å². The van der Waals surface area contributed by atoms with E-state index in [4.69, 9.17) is 9.26 Å². The smallest absolute Gasteiger partial charge is 0.419 e. The maximum absolute atomic E-state index is 14.0. The molecule has 0 bridgehead atoms. The van der Waals surface area contributed by atoms with Gasteiger partial charge >= 0.3 is 6.18 Å². The lowest BCUT2D eigenvalue weighted by Crippen LogP contribution is -2.33. The Morgan fingerprint density at radius 2 is 1.97 bits per heavy atom. The molecule has 13 heteroatoms. The van der Waals surface area contributed by atoms with Crippen LogP contribution >= 0.6 is 0 Å². The summed E-state index contributed by atoms with van der Waals surface area (Å²) in [7, 11) is 1.64. The van der Waals surface area contributed by atoms with E-state index in [1.807, 2.05) is 13.0 Å². The van der Waals surface area contributed by atoms with E-state index in [0.717, 1.165) is 38.4 Å². The number of fused-ring (bicyclic) bond motifs is 1. The lowest BCUT2D eigenvalue weighted by atomic mass is 9.94. The molecule has 1 aliphatic rings. The largest absolute Gasteiger partial charge is 0.493 e. The molecule has 1 aromatic carbocycles. The van der Waals surface area contributed by atoms with Gasteiger partial charge in [-0.25, -0.2) is 9.67 Å². The van der Waals surface area contributed by atoms with Crippen molar-refractivity contribution >= 4 is 11.0 Å². The first-order valence-corrected chi connectivity index (χ1v) is 12.7. The van der Waals surface area contributed by atoms with Crippen LogP contribution in [0.5, 0.6) is 5.75 Å². The van der Waals surface area contributed by atoms with Crippen molar-refractivity contribution in [1.29, 1.82) is 5.26 Å². The molecule has 4 aromatic rings. The second-order valence-electron chi connectivity index (χ2n) is 9.57. The molecule has 5 rings (SSSR count). The maximum Gasteiger partial charge on any atom is 0.419 e. The first-order chi connectivity index (χ1) is 18.7. The Hall–Kier alpha value is -4.05. The molecule has 0 radical (unpaired) electrons. The molecule has 1 fully saturated rings. The van der Waals surface area contributed by atoms with E-state index in [1.165, 1.54) is 16.8 Å². The van der Waals surface area contributed by atoms with Crippen molar-refractivity contribution in [2.24, 2.45) is 13.0 Å². The topological polar surface area (TPSA) is 119 Å². The molecular weight excluding hydrogens is 513 g/mol. The van der Waals surface area contributed by atoms with E-state index in [0.29, 0.717) is 41.6 Å². The minimum absolute atomic E-state index is 0.00154. The highest BCUT2D eigenvalue weighted by atomic mass is 19.4. The standard InChI is InChI=1S/C26H27F3N8O2/c1-3-23-32-24(39-34-23)15-37-9-6-16(7-10-37)8-11-38-22-5-4-17(12-18(22)26(27,28)29)19-13-21-25(20(14-30)31-19)33-35-36(21)2/h4-5,12-13,16H,3,6-11,15H2,1-2H3. The van der Waals surface area contributed by atoms with Gasteiger partial charge in [0.05, 0.1) is 29.9 Å². The minimum Gasteiger partial charge on any atom is -0.493 e. The number of aryl methyl sites for hydroxylation is 2. The van der Waals surface area contributed by atoms with Gasteiger partial charge in [0.2, 0.25) is 5.89 Å². The van der Waals surface area contributed by atoms with E-state index in [-0.39, 0.29) is 29.3 Å². The highest BCUT2D eigenvalue weighted by molar-refractivity contribution is 5.83. The molecule has 39 heavy (non-hydrogen) atoms. The quantitative estimate of drug-likeness (QED) is 0.317. The minimum atomic E-state index is -4.63. The summed E-state index contributed by atoms with van der Waals surface area (Å²) in [4.78, 5) is 10.8. The number of likely N-dealkylation sites (tertiary alicyclic amines) is 1. The number of benzene rings is 1. The van der Waals surface area contributed by atoms with Crippen molar-refractivity contribution in [3.8, 4) is 23.1 Å². The fourth-order valence-corrected chi connectivity index (χ4v) is 4.75. The average Bonchev–Trinajstić information content (AvgIpc) is 3.55. The van der Waals surface area contributed by atoms with Crippen molar-refractivity contribution in [1.82, 2.24) is 35.0 Å². The van der Waals surface area contributed by atoms with Crippen LogP contribution in [-0.2, 0) is 26.2 Å². The van der Waals surface area contributed by atoms with Crippen LogP contribution in [0.4, 0.5) is 13.2 Å². The summed E-state index contributed by atoms with van der Waals surface area (Å²) >= 11 is 0. The van der Waals surface area contributed by atoms with Crippen LogP contribution in [0.15, 0.2) is 28.8 Å². The molecule has 1 aliphatic heterocycles. The molecule has 0 amide bonds. The summed E-state index contributed by atoms with van der Waals surface area (Å²) < 4.78 is 54.3. The van der Waals surface area contributed by atoms with Crippen LogP contribution in [0.3, 0.4) is 0 Å². The highest BCUT2D eigenvalue weighted by Gasteiger charge is 2.35. The Morgan fingerprint density at radius 1 is 1.18 bits per heavy atom. The van der Waals surface area contributed by atoms with E-state index < -0.39 is 11.7 Å². The third kappa shape index (κ3) is 5.85. The monoisotopic (exact) mass is 540 g/mol. The van der Waals surface area contributed by atoms with Gasteiger partial charge in [0.15, 0.2) is 11.5 Å². The van der Waals surface area contributed by atoms with E-state index in [1.54, 1.807) is 13.1 Å². The Bertz CT molecular complexity index is 1500. The van der Waals surface area contributed by atoms with E-state index in [9.17, 15) is 18.4 Å². The number of aromatic nitrogens is 6. The normalized spacial score (nSPS) is 15.1. The van der Waals surface area contributed by atoms with Crippen LogP contribution < -0.4 is 4.74 Å². The first kappa shape index (κ1) is 26.6. The molecule has 0 unspecified atom stereocenters. The third-order valence-corrected chi connectivity index (χ3v) is 6.96. The lowest BCUT2D eigenvalue weighted by molar-refractivity contribution is -0.138. The number of nitriles is 1. The SMILES string of the molecule is CCc1noc(CN2CCC(CCOc3ccc(-c4cc5c(nnn5C)c(C#N)n4)cc3C(F)(F)F)CC2)n1. The Labute approximate surface area is 222 Å². The second kappa shape index (κ2) is 11.0. The zero-order valence-electron chi connectivity index (χ0n) is 21.6. The van der Waals surface area contributed by atoms with Crippen molar-refractivity contribution in [3.05, 3.63) is 47.2 Å². The summed E-state index contributed by atoms with van der Waals surface area (Å²) in [5.74, 6) is 1.43. The number of halogens is 3. The number of piperidine rings is 1. The number of rotatable bonds is 8. The van der Waals surface area contributed by atoms with Crippen LogP contribution in [0.2, 0.25) is 0 Å². The summed E-state index contributed by atoms with van der Waals surface area (Å²) in [6.45, 7) is 4.46. The Morgan fingerprint density at radius 3 is 2.67 bits per heavy atom. The second-order valence-corrected chi connectivity index (χ2v) is 9.57. The van der Waals surface area contributed by atoms with Crippen LogP contribution in [-0.4, -0.2) is 54.7 Å². The first-order valence-electron chi connectivity index (χ1n) is 12.7. The van der Waals surface area contributed by atoms with Gasteiger partial charge in [-0.05, 0) is 62.5 Å². The third-order valence-electron chi connectivity index (χ3n) is 6.96. The van der Waals surface area contributed by atoms with Gasteiger partial charge in [0.25, 0.3) is 0 Å². The molecule has 0 saturated carbocycles. The average molecular weight is 541 g/mol. The van der Waals surface area contributed by atoms with Gasteiger partial charge < -0.3 is 9.26 Å². The molecule has 0 aliphatic carbocycles. The molecule has 0 atom stereocenters. The van der Waals surface area contributed by atoms with E-state index in [2.05, 4.69) is 30.3 Å². The van der Waals surface area contributed by atoms with Crippen molar-refractivity contribution < 1.29 is 22.4 Å². The number of hydrogen-bond acceptors (Lipinski definition) is 9. The molecule has 1 saturated heterocycles. The highest BCUT2D eigenvalue weighted by Crippen LogP contribution is 2.39. The van der Waals surface area contributed by atoms with Gasteiger partial charge in [-0.1, -0.05) is 17.3 Å². The number of alkyl halides is 3. The predicted molar refractivity (Wildman–Crippen MR) is 133 cm³/mol. The fraction of sp³-hybridized carbons (Fsp3) is 0.462. The molecule has 0 spiro atoms. The summed E-state index contributed by atoms with van der Waals surface area (Å²) in [5.41, 5.74) is 0.349. The van der Waals surface area contributed by atoms with E-state index >= 15 is 0 Å². The summed E-state index contributed by atoms with van der Waals surface area (Å²) in [6.07, 6.45) is -1.41. The Kier molecular flexibility index (Phi) is 7.47. The zero-order chi connectivity index (χ0) is 27.6. The fourth-order valence-electron chi connectivity index (χ4n) is 4.75. The number of pyridine rings is 1. The molecule has 10 nitrogen and oxygen atoms in total. The van der Waals surface area contributed by atoms with Crippen LogP contribution in [0.25, 0.3) is 22.3 Å². The van der Waals surface area contributed by atoms with Crippen molar-refractivity contribution in [2.75, 3.05) is 19.7 Å². The molecule has 3 aromatic heterocycles. The summed E-state index contributed by atoms with van der Waals surface area (Å²) in [6, 6.07) is 7.35. The number of hydrogen-bond donors (Lipinski definition) is 0. The van der Waals surface area contributed by atoms with Crippen molar-refractivity contribution in [2.45, 2.75) is 45.3 Å². The van der Waals surface area contributed by atoms with Crippen LogP contribution in [0.1, 0.15) is 49.2 Å². The zero-order valence-corrected chi connectivity index (χ0v) is 21.6. The lowest BCUT2D eigenvalue weighted by Gasteiger charge is -2.30. The Balaban J connectivity index is 1.23. The summed E-state index contributed by atoms with van der Waals surface area (Å²) in [5, 5.41) is 21.1. The van der Waals surface area contributed by atoms with Gasteiger partial charge in [-0.3, -0.25) is 4.90 Å². The van der Waals surface area contributed by atoms with Gasteiger partial charge in [-0.2, -0.15) is 23.4 Å². The molecule has 4 heterocycles. The molecule has 204 valence electrons. The predicted octanol–water partition coefficient (Wildman–Crippen LogP) is 4.55. The molecular formula is C26H27F3N8O2. The van der Waals surface area contributed by atoms with Crippen molar-refractivity contribution in [3.63, 3.8) is 0 Å². The van der Waals surface area contributed by atoms with Crippen LogP contribution in [0, 0.1) is 17.2 Å². The number of nitrogens with zero attached hydrogens (tertiary/aromatic N) is 8.